The molecule has 3 heteroatoms. The molecule has 1 N–H and O–H groups in total. The normalized spacial score (nSPS) is 39.5. The molecular formula is C12H17N2O+. The SMILES string of the molecule is C=C1[C@H]2CC[C@H](C2)[C@]1(C)C/C(O)=C/[N+]#N. The van der Waals surface area contributed by atoms with Crippen molar-refractivity contribution in [1.29, 1.82) is 5.39 Å². The maximum Gasteiger partial charge on any atom is 0.387 e. The Kier molecular flexibility index (Phi) is 2.30. The molecule has 0 saturated heterocycles. The summed E-state index contributed by atoms with van der Waals surface area (Å²) in [5.41, 5.74) is 1.28. The molecule has 2 fully saturated rings. The Balaban J connectivity index is 2.18. The summed E-state index contributed by atoms with van der Waals surface area (Å²) >= 11 is 0. The third-order valence-electron chi connectivity index (χ3n) is 4.32. The van der Waals surface area contributed by atoms with E-state index in [-0.39, 0.29) is 11.2 Å². The molecule has 3 nitrogen and oxygen atoms in total. The van der Waals surface area contributed by atoms with E-state index in [0.29, 0.717) is 18.3 Å². The van der Waals surface area contributed by atoms with E-state index < -0.39 is 0 Å². The van der Waals surface area contributed by atoms with Crippen LogP contribution in [0, 0.1) is 22.6 Å². The van der Waals surface area contributed by atoms with E-state index in [9.17, 15) is 5.11 Å². The number of diazo groups is 1. The summed E-state index contributed by atoms with van der Waals surface area (Å²) in [6.07, 6.45) is 5.39. The monoisotopic (exact) mass is 205 g/mol. The van der Waals surface area contributed by atoms with Gasteiger partial charge < -0.3 is 5.11 Å². The molecule has 0 aliphatic heterocycles. The first-order valence-corrected chi connectivity index (χ1v) is 5.49. The summed E-state index contributed by atoms with van der Waals surface area (Å²) in [5, 5.41) is 17.9. The number of aliphatic hydroxyl groups is 1. The molecule has 80 valence electrons. The molecule has 0 aromatic carbocycles. The molecule has 0 heterocycles. The largest absolute Gasteiger partial charge is 0.505 e. The molecule has 2 saturated carbocycles. The van der Waals surface area contributed by atoms with Crippen LogP contribution in [0.3, 0.4) is 0 Å². The highest BCUT2D eigenvalue weighted by Gasteiger charge is 2.51. The lowest BCUT2D eigenvalue weighted by Gasteiger charge is -2.35. The highest BCUT2D eigenvalue weighted by Crippen LogP contribution is 2.60. The Morgan fingerprint density at radius 1 is 1.73 bits per heavy atom. The van der Waals surface area contributed by atoms with Crippen molar-refractivity contribution in [1.82, 2.24) is 0 Å². The average Bonchev–Trinajstić information content (AvgIpc) is 2.71. The summed E-state index contributed by atoms with van der Waals surface area (Å²) in [5.74, 6) is 1.44. The zero-order valence-electron chi connectivity index (χ0n) is 9.11. The van der Waals surface area contributed by atoms with Crippen LogP contribution >= 0.6 is 0 Å². The van der Waals surface area contributed by atoms with Crippen LogP contribution in [-0.4, -0.2) is 5.11 Å². The number of hydrogen-bond donors (Lipinski definition) is 1. The molecule has 2 bridgehead atoms. The van der Waals surface area contributed by atoms with Gasteiger partial charge in [0.1, 0.15) is 0 Å². The number of nitrogens with zero attached hydrogens (tertiary/aromatic N) is 2. The van der Waals surface area contributed by atoms with Gasteiger partial charge in [0.2, 0.25) is 5.39 Å². The van der Waals surface area contributed by atoms with Crippen molar-refractivity contribution in [2.75, 3.05) is 0 Å². The Hall–Kier alpha value is -1.30. The van der Waals surface area contributed by atoms with Gasteiger partial charge in [-0.25, -0.2) is 0 Å². The van der Waals surface area contributed by atoms with Gasteiger partial charge in [0.25, 0.3) is 0 Å². The zero-order chi connectivity index (χ0) is 11.1. The van der Waals surface area contributed by atoms with Gasteiger partial charge in [-0.05, 0) is 36.5 Å². The fourth-order valence-corrected chi connectivity index (χ4v) is 3.35. The van der Waals surface area contributed by atoms with E-state index in [4.69, 9.17) is 5.39 Å². The van der Waals surface area contributed by atoms with Crippen molar-refractivity contribution in [3.05, 3.63) is 29.1 Å². The second-order valence-corrected chi connectivity index (χ2v) is 5.06. The molecular weight excluding hydrogens is 188 g/mol. The second kappa shape index (κ2) is 3.37. The number of hydrogen-bond acceptors (Lipinski definition) is 2. The van der Waals surface area contributed by atoms with E-state index in [1.165, 1.54) is 24.8 Å². The molecule has 0 spiro atoms. The molecule has 0 aromatic rings. The molecule has 2 aliphatic carbocycles. The summed E-state index contributed by atoms with van der Waals surface area (Å²) in [6, 6.07) is 0. The Morgan fingerprint density at radius 3 is 3.00 bits per heavy atom. The molecule has 0 amide bonds. The molecule has 0 aromatic heterocycles. The zero-order valence-corrected chi connectivity index (χ0v) is 9.11. The lowest BCUT2D eigenvalue weighted by Crippen LogP contribution is -2.26. The van der Waals surface area contributed by atoms with Gasteiger partial charge in [-0.15, -0.1) is 0 Å². The van der Waals surface area contributed by atoms with Crippen molar-refractivity contribution in [2.24, 2.45) is 17.3 Å². The van der Waals surface area contributed by atoms with Crippen molar-refractivity contribution >= 4 is 0 Å². The number of allylic oxidation sites excluding steroid dienone is 2. The van der Waals surface area contributed by atoms with Gasteiger partial charge in [0.05, 0.1) is 0 Å². The van der Waals surface area contributed by atoms with Crippen LogP contribution in [0.1, 0.15) is 32.6 Å². The average molecular weight is 205 g/mol. The summed E-state index contributed by atoms with van der Waals surface area (Å²) in [4.78, 5) is 2.85. The summed E-state index contributed by atoms with van der Waals surface area (Å²) < 4.78 is 0. The summed E-state index contributed by atoms with van der Waals surface area (Å²) in [6.45, 7) is 6.34. The van der Waals surface area contributed by atoms with Crippen LogP contribution in [0.15, 0.2) is 24.1 Å². The minimum atomic E-state index is 0.00812. The van der Waals surface area contributed by atoms with Crippen LogP contribution in [0.2, 0.25) is 0 Å². The third-order valence-corrected chi connectivity index (χ3v) is 4.32. The van der Waals surface area contributed by atoms with Gasteiger partial charge in [-0.1, -0.05) is 19.1 Å². The Labute approximate surface area is 90.1 Å². The molecule has 15 heavy (non-hydrogen) atoms. The number of fused-ring (bicyclic) bond motifs is 2. The quantitative estimate of drug-likeness (QED) is 0.425. The van der Waals surface area contributed by atoms with E-state index in [1.54, 1.807) is 0 Å². The van der Waals surface area contributed by atoms with E-state index in [2.05, 4.69) is 18.5 Å². The first-order chi connectivity index (χ1) is 7.08. The van der Waals surface area contributed by atoms with Crippen LogP contribution < -0.4 is 0 Å². The van der Waals surface area contributed by atoms with E-state index in [1.807, 2.05) is 0 Å². The van der Waals surface area contributed by atoms with Gasteiger partial charge in [-0.2, -0.15) is 0 Å². The smallest absolute Gasteiger partial charge is 0.387 e. The predicted octanol–water partition coefficient (Wildman–Crippen LogP) is 3.62. The maximum atomic E-state index is 9.59. The van der Waals surface area contributed by atoms with Crippen LogP contribution in [0.5, 0.6) is 0 Å². The number of aliphatic hydroxyl groups excluding tert-OH is 1. The van der Waals surface area contributed by atoms with Crippen molar-refractivity contribution in [3.63, 3.8) is 0 Å². The Morgan fingerprint density at radius 2 is 2.47 bits per heavy atom. The van der Waals surface area contributed by atoms with Gasteiger partial charge in [0.15, 0.2) is 10.7 Å². The van der Waals surface area contributed by atoms with Crippen LogP contribution in [0.25, 0.3) is 4.98 Å². The first kappa shape index (κ1) is 10.2. The Bertz CT molecular complexity index is 366. The molecule has 3 atom stereocenters. The lowest BCUT2D eigenvalue weighted by molar-refractivity contribution is 0.219. The van der Waals surface area contributed by atoms with Crippen molar-refractivity contribution in [2.45, 2.75) is 32.6 Å². The predicted molar refractivity (Wildman–Crippen MR) is 58.5 cm³/mol. The van der Waals surface area contributed by atoms with Crippen molar-refractivity contribution in [3.8, 4) is 0 Å². The van der Waals surface area contributed by atoms with E-state index >= 15 is 0 Å². The standard InChI is InChI=1S/C12H16N2O/c1-8-9-3-4-10(5-9)12(8,2)6-11(15)7-14-13/h7,9-10H,1,3-6H2,2H3/p+1/b11-7-/t9-,10+,12+/m0/s1. The molecule has 2 aliphatic rings. The van der Waals surface area contributed by atoms with Crippen LogP contribution in [-0.2, 0) is 0 Å². The molecule has 0 unspecified atom stereocenters. The summed E-state index contributed by atoms with van der Waals surface area (Å²) in [7, 11) is 0. The van der Waals surface area contributed by atoms with Gasteiger partial charge in [-0.3, -0.25) is 0 Å². The highest BCUT2D eigenvalue weighted by atomic mass is 16.3. The van der Waals surface area contributed by atoms with Gasteiger partial charge in [0, 0.05) is 6.42 Å². The topological polar surface area (TPSA) is 48.4 Å². The molecule has 0 radical (unpaired) electrons. The van der Waals surface area contributed by atoms with Crippen molar-refractivity contribution < 1.29 is 5.11 Å². The fourth-order valence-electron chi connectivity index (χ4n) is 3.35. The maximum absolute atomic E-state index is 9.59. The minimum absolute atomic E-state index is 0.00812. The lowest BCUT2D eigenvalue weighted by atomic mass is 9.69. The first-order valence-electron chi connectivity index (χ1n) is 5.49. The number of rotatable bonds is 2. The minimum Gasteiger partial charge on any atom is -0.505 e. The van der Waals surface area contributed by atoms with E-state index in [0.717, 1.165) is 6.20 Å². The third kappa shape index (κ3) is 1.45. The van der Waals surface area contributed by atoms with Gasteiger partial charge >= 0.3 is 6.20 Å². The molecule has 2 rings (SSSR count). The highest BCUT2D eigenvalue weighted by molar-refractivity contribution is 5.26. The second-order valence-electron chi connectivity index (χ2n) is 5.06. The van der Waals surface area contributed by atoms with Crippen LogP contribution in [0.4, 0.5) is 0 Å². The fraction of sp³-hybridized carbons (Fsp3) is 0.667.